The number of pyridine rings is 1. The maximum absolute atomic E-state index is 13.9. The van der Waals surface area contributed by atoms with Crippen molar-refractivity contribution in [3.05, 3.63) is 65.2 Å². The number of nitrogens with zero attached hydrogens (tertiary/aromatic N) is 1. The lowest BCUT2D eigenvalue weighted by molar-refractivity contribution is 0.543. The Morgan fingerprint density at radius 2 is 1.95 bits per heavy atom. The number of benzene rings is 1. The smallest absolute Gasteiger partial charge is 0.146 e. The van der Waals surface area contributed by atoms with Gasteiger partial charge in [-0.1, -0.05) is 36.8 Å². The third-order valence-corrected chi connectivity index (χ3v) is 3.12. The summed E-state index contributed by atoms with van der Waals surface area (Å²) in [5, 5.41) is 3.39. The lowest BCUT2D eigenvalue weighted by atomic mass is 9.98. The molecule has 3 heteroatoms. The highest BCUT2D eigenvalue weighted by atomic mass is 19.1. The van der Waals surface area contributed by atoms with Gasteiger partial charge in [0, 0.05) is 11.8 Å². The molecule has 1 N–H and O–H groups in total. The normalized spacial score (nSPS) is 12.4. The molecule has 0 radical (unpaired) electrons. The van der Waals surface area contributed by atoms with Crippen molar-refractivity contribution in [2.24, 2.45) is 0 Å². The van der Waals surface area contributed by atoms with E-state index in [2.05, 4.69) is 29.4 Å². The van der Waals surface area contributed by atoms with Crippen LogP contribution in [0, 0.1) is 12.7 Å². The van der Waals surface area contributed by atoms with Crippen LogP contribution in [0.5, 0.6) is 0 Å². The molecular formula is C16H19FN2. The minimum absolute atomic E-state index is 0.122. The summed E-state index contributed by atoms with van der Waals surface area (Å²) in [5.41, 5.74) is 2.92. The maximum Gasteiger partial charge on any atom is 0.146 e. The summed E-state index contributed by atoms with van der Waals surface area (Å²) in [5.74, 6) is -0.267. The Kier molecular flexibility index (Phi) is 4.63. The van der Waals surface area contributed by atoms with Gasteiger partial charge in [0.05, 0.1) is 12.2 Å². The SMILES string of the molecule is CCCNC(c1ccc(C)cc1)c1ccncc1F. The monoisotopic (exact) mass is 258 g/mol. The van der Waals surface area contributed by atoms with E-state index in [0.717, 1.165) is 18.5 Å². The highest BCUT2D eigenvalue weighted by Gasteiger charge is 2.16. The van der Waals surface area contributed by atoms with Crippen LogP contribution in [0.15, 0.2) is 42.7 Å². The molecule has 0 saturated heterocycles. The second-order valence-corrected chi connectivity index (χ2v) is 4.70. The third-order valence-electron chi connectivity index (χ3n) is 3.12. The summed E-state index contributed by atoms with van der Waals surface area (Å²) in [4.78, 5) is 3.81. The minimum atomic E-state index is -0.267. The summed E-state index contributed by atoms with van der Waals surface area (Å²) in [6.07, 6.45) is 3.91. The summed E-state index contributed by atoms with van der Waals surface area (Å²) in [6, 6.07) is 9.81. The molecule has 0 saturated carbocycles. The number of aryl methyl sites for hydroxylation is 1. The molecule has 19 heavy (non-hydrogen) atoms. The number of rotatable bonds is 5. The minimum Gasteiger partial charge on any atom is -0.306 e. The van der Waals surface area contributed by atoms with Gasteiger partial charge in [-0.15, -0.1) is 0 Å². The van der Waals surface area contributed by atoms with Gasteiger partial charge in [0.1, 0.15) is 5.82 Å². The first-order chi connectivity index (χ1) is 9.22. The molecule has 0 spiro atoms. The zero-order valence-electron chi connectivity index (χ0n) is 11.4. The van der Waals surface area contributed by atoms with Crippen molar-refractivity contribution in [1.29, 1.82) is 0 Å². The van der Waals surface area contributed by atoms with E-state index in [-0.39, 0.29) is 11.9 Å². The van der Waals surface area contributed by atoms with Crippen molar-refractivity contribution >= 4 is 0 Å². The molecule has 0 aliphatic rings. The maximum atomic E-state index is 13.9. The molecule has 1 atom stereocenters. The fraction of sp³-hybridized carbons (Fsp3) is 0.312. The van der Waals surface area contributed by atoms with E-state index in [1.54, 1.807) is 12.3 Å². The van der Waals surface area contributed by atoms with E-state index in [9.17, 15) is 4.39 Å². The zero-order valence-corrected chi connectivity index (χ0v) is 11.4. The van der Waals surface area contributed by atoms with Gasteiger partial charge in [-0.2, -0.15) is 0 Å². The average molecular weight is 258 g/mol. The Labute approximate surface area is 113 Å². The van der Waals surface area contributed by atoms with Gasteiger partial charge in [0.25, 0.3) is 0 Å². The first kappa shape index (κ1) is 13.7. The number of halogens is 1. The summed E-state index contributed by atoms with van der Waals surface area (Å²) in [7, 11) is 0. The van der Waals surface area contributed by atoms with Gasteiger partial charge >= 0.3 is 0 Å². The molecule has 1 unspecified atom stereocenters. The third kappa shape index (κ3) is 3.38. The van der Waals surface area contributed by atoms with Crippen LogP contribution in [0.1, 0.15) is 36.1 Å². The van der Waals surface area contributed by atoms with Crippen molar-refractivity contribution in [2.75, 3.05) is 6.54 Å². The Morgan fingerprint density at radius 1 is 1.21 bits per heavy atom. The molecule has 0 amide bonds. The Hall–Kier alpha value is -1.74. The van der Waals surface area contributed by atoms with E-state index in [1.807, 2.05) is 19.1 Å². The Bertz CT molecular complexity index is 523. The van der Waals surface area contributed by atoms with E-state index >= 15 is 0 Å². The first-order valence-corrected chi connectivity index (χ1v) is 6.61. The van der Waals surface area contributed by atoms with Crippen LogP contribution in [0.2, 0.25) is 0 Å². The Morgan fingerprint density at radius 3 is 2.58 bits per heavy atom. The quantitative estimate of drug-likeness (QED) is 0.886. The topological polar surface area (TPSA) is 24.9 Å². The van der Waals surface area contributed by atoms with Crippen LogP contribution >= 0.6 is 0 Å². The molecule has 1 aromatic heterocycles. The van der Waals surface area contributed by atoms with Crippen LogP contribution < -0.4 is 5.32 Å². The van der Waals surface area contributed by atoms with Gasteiger partial charge in [-0.3, -0.25) is 4.98 Å². The summed E-state index contributed by atoms with van der Waals surface area (Å²) < 4.78 is 13.9. The van der Waals surface area contributed by atoms with Gasteiger partial charge in [0.15, 0.2) is 0 Å². The Balaban J connectivity index is 2.35. The second kappa shape index (κ2) is 6.43. The van der Waals surface area contributed by atoms with Crippen molar-refractivity contribution < 1.29 is 4.39 Å². The van der Waals surface area contributed by atoms with Gasteiger partial charge in [-0.25, -0.2) is 4.39 Å². The van der Waals surface area contributed by atoms with Gasteiger partial charge in [0.2, 0.25) is 0 Å². The molecule has 1 heterocycles. The van der Waals surface area contributed by atoms with Crippen LogP contribution in [0.3, 0.4) is 0 Å². The molecule has 0 aliphatic heterocycles. The van der Waals surface area contributed by atoms with Crippen LogP contribution in [-0.4, -0.2) is 11.5 Å². The van der Waals surface area contributed by atoms with Crippen molar-refractivity contribution in [1.82, 2.24) is 10.3 Å². The molecule has 2 nitrogen and oxygen atoms in total. The average Bonchev–Trinajstić information content (AvgIpc) is 2.43. The summed E-state index contributed by atoms with van der Waals surface area (Å²) in [6.45, 7) is 4.99. The summed E-state index contributed by atoms with van der Waals surface area (Å²) >= 11 is 0. The predicted octanol–water partition coefficient (Wildman–Crippen LogP) is 3.62. The first-order valence-electron chi connectivity index (χ1n) is 6.61. The molecule has 0 aliphatic carbocycles. The van der Waals surface area contributed by atoms with Crippen LogP contribution in [0.4, 0.5) is 4.39 Å². The number of nitrogens with one attached hydrogen (secondary N) is 1. The van der Waals surface area contributed by atoms with Crippen LogP contribution in [-0.2, 0) is 0 Å². The lowest BCUT2D eigenvalue weighted by Gasteiger charge is -2.20. The molecule has 2 rings (SSSR count). The van der Waals surface area contributed by atoms with Crippen molar-refractivity contribution in [2.45, 2.75) is 26.3 Å². The van der Waals surface area contributed by atoms with E-state index in [1.165, 1.54) is 11.8 Å². The van der Waals surface area contributed by atoms with E-state index < -0.39 is 0 Å². The van der Waals surface area contributed by atoms with E-state index in [4.69, 9.17) is 0 Å². The number of hydrogen-bond donors (Lipinski definition) is 1. The molecule has 0 fully saturated rings. The van der Waals surface area contributed by atoms with Gasteiger partial charge in [-0.05, 0) is 31.5 Å². The second-order valence-electron chi connectivity index (χ2n) is 4.70. The highest BCUT2D eigenvalue weighted by molar-refractivity contribution is 5.33. The molecule has 0 bridgehead atoms. The number of aromatic nitrogens is 1. The van der Waals surface area contributed by atoms with Crippen LogP contribution in [0.25, 0.3) is 0 Å². The molecule has 2 aromatic rings. The largest absolute Gasteiger partial charge is 0.306 e. The highest BCUT2D eigenvalue weighted by Crippen LogP contribution is 2.24. The standard InChI is InChI=1S/C16H19FN2/c1-3-9-19-16(13-6-4-12(2)5-7-13)14-8-10-18-11-15(14)17/h4-8,10-11,16,19H,3,9H2,1-2H3. The van der Waals surface area contributed by atoms with E-state index in [0.29, 0.717) is 5.56 Å². The number of hydrogen-bond acceptors (Lipinski definition) is 2. The molecular weight excluding hydrogens is 239 g/mol. The van der Waals surface area contributed by atoms with Gasteiger partial charge < -0.3 is 5.32 Å². The fourth-order valence-corrected chi connectivity index (χ4v) is 2.08. The lowest BCUT2D eigenvalue weighted by Crippen LogP contribution is -2.24. The molecule has 100 valence electrons. The molecule has 1 aromatic carbocycles. The fourth-order valence-electron chi connectivity index (χ4n) is 2.08. The zero-order chi connectivity index (χ0) is 13.7. The van der Waals surface area contributed by atoms with Crippen molar-refractivity contribution in [3.8, 4) is 0 Å². The van der Waals surface area contributed by atoms with Crippen molar-refractivity contribution in [3.63, 3.8) is 0 Å². The predicted molar refractivity (Wildman–Crippen MR) is 75.5 cm³/mol.